The van der Waals surface area contributed by atoms with Crippen LogP contribution in [-0.4, -0.2) is 99.4 Å². The normalized spacial score (nSPS) is 23.6. The molecule has 1 aromatic heterocycles. The minimum absolute atomic E-state index is 0.0651. The third-order valence-corrected chi connectivity index (χ3v) is 9.53. The number of amides is 2. The molecule has 0 aliphatic carbocycles. The average molecular weight is 723 g/mol. The quantitative estimate of drug-likeness (QED) is 0.0706. The molecule has 0 bridgehead atoms. The number of hydrogen-bond donors (Lipinski definition) is 6. The number of carbonyl (C=O) groups excluding carboxylic acids is 2. The summed E-state index contributed by atoms with van der Waals surface area (Å²) in [5.74, 6) is -2.19. The number of hydrogen-bond acceptors (Lipinski definition) is 15. The van der Waals surface area contributed by atoms with E-state index < -0.39 is 57.2 Å². The van der Waals surface area contributed by atoms with Gasteiger partial charge in [0.15, 0.2) is 16.9 Å². The van der Waals surface area contributed by atoms with Gasteiger partial charge in [-0.1, -0.05) is 5.16 Å². The van der Waals surface area contributed by atoms with Crippen molar-refractivity contribution in [2.24, 2.45) is 15.9 Å². The molecule has 49 heavy (non-hydrogen) atoms. The number of carbonyl (C=O) groups is 3. The number of carboxylic acids is 1. The SMILES string of the molecule is C[C@H](N)CC[C@@H]1CNC(c2ccc3c(c2)CC[C@H]([C@](C)(O/N=C(\C(=O)N[C@@H]2C(=O)N(OS(=O)(=O)O)C2(C)C)c2csc(N)n2)C(=O)O)O3)=N1. The Morgan fingerprint density at radius 3 is 2.71 bits per heavy atom. The lowest BCUT2D eigenvalue weighted by Gasteiger charge is -2.50. The van der Waals surface area contributed by atoms with Gasteiger partial charge in [-0.15, -0.1) is 15.6 Å². The highest BCUT2D eigenvalue weighted by Gasteiger charge is 2.58. The molecular weight excluding hydrogens is 684 g/mol. The number of fused-ring (bicyclic) bond motifs is 1. The molecule has 20 heteroatoms. The van der Waals surface area contributed by atoms with Crippen molar-refractivity contribution >= 4 is 56.2 Å². The fourth-order valence-corrected chi connectivity index (χ4v) is 6.61. The first-order chi connectivity index (χ1) is 22.9. The highest BCUT2D eigenvalue weighted by atomic mass is 32.3. The number of rotatable bonds is 13. The second-order valence-corrected chi connectivity index (χ2v) is 14.6. The van der Waals surface area contributed by atoms with Gasteiger partial charge >= 0.3 is 16.4 Å². The maximum Gasteiger partial charge on any atom is 0.418 e. The summed E-state index contributed by atoms with van der Waals surface area (Å²) in [7, 11) is -5.02. The highest BCUT2D eigenvalue weighted by Crippen LogP contribution is 2.36. The van der Waals surface area contributed by atoms with E-state index in [1.807, 2.05) is 19.1 Å². The Kier molecular flexibility index (Phi) is 9.90. The van der Waals surface area contributed by atoms with Crippen LogP contribution < -0.4 is 26.8 Å². The van der Waals surface area contributed by atoms with Gasteiger partial charge in [0.05, 0.1) is 11.6 Å². The minimum atomic E-state index is -5.02. The number of aromatic nitrogens is 1. The molecule has 3 aliphatic rings. The summed E-state index contributed by atoms with van der Waals surface area (Å²) in [6.45, 7) is 6.69. The molecular formula is C29H38N8O10S2. The van der Waals surface area contributed by atoms with E-state index in [9.17, 15) is 27.9 Å². The van der Waals surface area contributed by atoms with Crippen LogP contribution in [0.4, 0.5) is 5.13 Å². The number of anilines is 1. The van der Waals surface area contributed by atoms with Crippen LogP contribution in [0.1, 0.15) is 63.8 Å². The third-order valence-electron chi connectivity index (χ3n) is 8.52. The van der Waals surface area contributed by atoms with Gasteiger partial charge in [0, 0.05) is 23.5 Å². The third kappa shape index (κ3) is 7.62. The van der Waals surface area contributed by atoms with Crippen molar-refractivity contribution in [3.63, 3.8) is 0 Å². The molecule has 0 spiro atoms. The largest absolute Gasteiger partial charge is 0.485 e. The molecule has 8 N–H and O–H groups in total. The Balaban J connectivity index is 1.33. The number of benzene rings is 1. The number of thiazole rings is 1. The predicted molar refractivity (Wildman–Crippen MR) is 176 cm³/mol. The Hall–Kier alpha value is -4.37. The highest BCUT2D eigenvalue weighted by molar-refractivity contribution is 7.80. The van der Waals surface area contributed by atoms with Crippen LogP contribution in [0.25, 0.3) is 0 Å². The molecule has 0 radical (unpaired) electrons. The second-order valence-electron chi connectivity index (χ2n) is 12.7. The van der Waals surface area contributed by atoms with Crippen LogP contribution in [0.5, 0.6) is 5.75 Å². The molecule has 2 aromatic rings. The number of hydroxylamine groups is 2. The number of nitrogens with two attached hydrogens (primary N) is 2. The number of amidine groups is 1. The van der Waals surface area contributed by atoms with Gasteiger partial charge in [-0.05, 0) is 77.1 Å². The van der Waals surface area contributed by atoms with Gasteiger partial charge in [-0.25, -0.2) is 9.78 Å². The summed E-state index contributed by atoms with van der Waals surface area (Å²) in [5.41, 5.74) is 9.27. The van der Waals surface area contributed by atoms with E-state index in [-0.39, 0.29) is 29.3 Å². The van der Waals surface area contributed by atoms with Crippen molar-refractivity contribution in [2.75, 3.05) is 12.3 Å². The Labute approximate surface area is 285 Å². The number of carboxylic acid groups (broad SMARTS) is 1. The molecule has 5 rings (SSSR count). The van der Waals surface area contributed by atoms with Crippen molar-refractivity contribution < 1.29 is 46.3 Å². The van der Waals surface area contributed by atoms with Gasteiger partial charge < -0.3 is 36.8 Å². The minimum Gasteiger partial charge on any atom is -0.485 e. The number of aliphatic imine (C=N–C) groups is 1. The molecule has 266 valence electrons. The fourth-order valence-electron chi connectivity index (χ4n) is 5.61. The smallest absolute Gasteiger partial charge is 0.418 e. The van der Waals surface area contributed by atoms with E-state index >= 15 is 0 Å². The van der Waals surface area contributed by atoms with Crippen molar-refractivity contribution in [1.29, 1.82) is 0 Å². The van der Waals surface area contributed by atoms with E-state index in [1.165, 1.54) is 26.2 Å². The molecule has 5 atom stereocenters. The number of aliphatic carboxylic acids is 1. The van der Waals surface area contributed by atoms with E-state index in [4.69, 9.17) is 30.6 Å². The van der Waals surface area contributed by atoms with E-state index in [0.717, 1.165) is 47.7 Å². The monoisotopic (exact) mass is 722 g/mol. The number of nitrogens with one attached hydrogen (secondary N) is 2. The standard InChI is InChI=1S/C29H38N8O10S2/c1-14(30)5-8-17-12-32-23(33-17)16-6-9-19-15(11-16)7-10-20(45-19)29(4,26(40)41)46-36-21(18-13-48-27(31)34-18)24(38)35-22-25(39)37(28(22,2)3)47-49(42,43)44/h6,9,11,13-14,17,20,22H,5,7-8,10,12,30H2,1-4H3,(H2,31,34)(H,32,33)(H,35,38)(H,40,41)(H,42,43,44)/b36-21-/t14-,17+,20+,22+,29-/m0/s1. The van der Waals surface area contributed by atoms with E-state index in [2.05, 4.69) is 25.1 Å². The maximum absolute atomic E-state index is 13.5. The summed E-state index contributed by atoms with van der Waals surface area (Å²) in [5, 5.41) is 21.8. The van der Waals surface area contributed by atoms with Crippen LogP contribution in [0, 0.1) is 0 Å². The Morgan fingerprint density at radius 1 is 1.37 bits per heavy atom. The number of aryl methyl sites for hydroxylation is 1. The summed E-state index contributed by atoms with van der Waals surface area (Å²) in [4.78, 5) is 53.2. The number of β-lactam (4-membered cyclic amide) rings is 1. The first kappa shape index (κ1) is 35.9. The van der Waals surface area contributed by atoms with Gasteiger partial charge in [0.2, 0.25) is 0 Å². The molecule has 3 aliphatic heterocycles. The van der Waals surface area contributed by atoms with Crippen molar-refractivity contribution in [3.8, 4) is 5.75 Å². The first-order valence-electron chi connectivity index (χ1n) is 15.3. The summed E-state index contributed by atoms with van der Waals surface area (Å²) >= 11 is 0.971. The maximum atomic E-state index is 13.5. The van der Waals surface area contributed by atoms with Gasteiger partial charge in [0.25, 0.3) is 17.4 Å². The number of oxime groups is 1. The zero-order chi connectivity index (χ0) is 35.9. The van der Waals surface area contributed by atoms with Gasteiger partial charge in [-0.2, -0.15) is 13.5 Å². The number of nitrogens with zero attached hydrogens (tertiary/aromatic N) is 4. The van der Waals surface area contributed by atoms with E-state index in [0.29, 0.717) is 17.2 Å². The lowest BCUT2D eigenvalue weighted by Crippen LogP contribution is -2.76. The second kappa shape index (κ2) is 13.5. The van der Waals surface area contributed by atoms with Gasteiger partial charge in [0.1, 0.15) is 23.3 Å². The molecule has 4 heterocycles. The topological polar surface area (TPSA) is 270 Å². The summed E-state index contributed by atoms with van der Waals surface area (Å²) in [6.07, 6.45) is 1.38. The first-order valence-corrected chi connectivity index (χ1v) is 17.5. The van der Waals surface area contributed by atoms with Crippen LogP contribution in [-0.2, 0) is 40.3 Å². The molecule has 0 saturated carbocycles. The molecule has 1 aromatic carbocycles. The van der Waals surface area contributed by atoms with Crippen LogP contribution in [0.3, 0.4) is 0 Å². The van der Waals surface area contributed by atoms with Crippen molar-refractivity contribution in [2.45, 2.75) is 88.7 Å². The summed E-state index contributed by atoms with van der Waals surface area (Å²) in [6, 6.07) is 4.42. The molecule has 1 fully saturated rings. The molecule has 2 amide bonds. The van der Waals surface area contributed by atoms with Crippen LogP contribution in [0.15, 0.2) is 33.7 Å². The molecule has 18 nitrogen and oxygen atoms in total. The van der Waals surface area contributed by atoms with Crippen molar-refractivity contribution in [1.82, 2.24) is 20.7 Å². The lowest BCUT2D eigenvalue weighted by atomic mass is 9.84. The zero-order valence-electron chi connectivity index (χ0n) is 27.1. The number of nitrogen functional groups attached to an aromatic ring is 1. The zero-order valence-corrected chi connectivity index (χ0v) is 28.7. The van der Waals surface area contributed by atoms with Crippen LogP contribution >= 0.6 is 11.3 Å². The Bertz CT molecular complexity index is 1810. The summed E-state index contributed by atoms with van der Waals surface area (Å²) < 4.78 is 41.8. The van der Waals surface area contributed by atoms with Gasteiger partial charge in [-0.3, -0.25) is 19.1 Å². The number of ether oxygens (including phenoxy) is 1. The lowest BCUT2D eigenvalue weighted by molar-refractivity contribution is -0.218. The predicted octanol–water partition coefficient (Wildman–Crippen LogP) is 0.369. The van der Waals surface area contributed by atoms with Crippen LogP contribution in [0.2, 0.25) is 0 Å². The van der Waals surface area contributed by atoms with Crippen molar-refractivity contribution in [3.05, 3.63) is 40.4 Å². The fraction of sp³-hybridized carbons (Fsp3) is 0.517. The Morgan fingerprint density at radius 2 is 2.10 bits per heavy atom. The average Bonchev–Trinajstić information content (AvgIpc) is 3.69. The molecule has 0 unspecified atom stereocenters. The van der Waals surface area contributed by atoms with E-state index in [1.54, 1.807) is 6.07 Å². The molecule has 1 saturated heterocycles.